The monoisotopic (exact) mass is 353 g/mol. The SMILES string of the molecule is OP1(O)(O)OO1.[Co].[LiH].[LiH].[Mn].[Ni].[V]. The second kappa shape index (κ2) is 11.0. The molecule has 0 saturated carbocycles. The maximum Gasteiger partial charge on any atom is 0 e. The number of hydrogen-bond donors (Lipinski definition) is 3. The first-order valence-corrected chi connectivity index (χ1v) is 3.06. The summed E-state index contributed by atoms with van der Waals surface area (Å²) in [6.45, 7) is 0. The van der Waals surface area contributed by atoms with Crippen LogP contribution in [0.1, 0.15) is 0 Å². The minimum atomic E-state index is -4.80. The summed E-state index contributed by atoms with van der Waals surface area (Å²) in [7, 11) is -4.80. The molecule has 73 valence electrons. The molecule has 5 nitrogen and oxygen atoms in total. The van der Waals surface area contributed by atoms with Crippen molar-refractivity contribution in [1.82, 2.24) is 0 Å². The molecule has 12 heavy (non-hydrogen) atoms. The molecule has 0 aromatic carbocycles. The van der Waals surface area contributed by atoms with E-state index in [0.717, 1.165) is 0 Å². The van der Waals surface area contributed by atoms with Crippen LogP contribution in [0.3, 0.4) is 0 Å². The Bertz CT molecular complexity index is 93.2. The molecule has 0 atom stereocenters. The van der Waals surface area contributed by atoms with Gasteiger partial charge in [-0.3, -0.25) is 0 Å². The van der Waals surface area contributed by atoms with E-state index in [9.17, 15) is 0 Å². The molecule has 12 heteroatoms. The summed E-state index contributed by atoms with van der Waals surface area (Å²) in [5.41, 5.74) is 0. The molecule has 1 heterocycles. The van der Waals surface area contributed by atoms with Gasteiger partial charge in [-0.25, -0.2) is 0 Å². The maximum absolute atomic E-state index is 7.89. The van der Waals surface area contributed by atoms with E-state index in [1.54, 1.807) is 0 Å². The van der Waals surface area contributed by atoms with Crippen LogP contribution in [0.2, 0.25) is 0 Å². The number of hydrogen-bond acceptors (Lipinski definition) is 5. The van der Waals surface area contributed by atoms with Crippen LogP contribution in [0.5, 0.6) is 0 Å². The Labute approximate surface area is 137 Å². The van der Waals surface area contributed by atoms with E-state index in [1.807, 2.05) is 0 Å². The molecule has 1 saturated heterocycles. The summed E-state index contributed by atoms with van der Waals surface area (Å²) < 4.78 is 6.76. The molecule has 1 aliphatic rings. The van der Waals surface area contributed by atoms with Crippen molar-refractivity contribution in [3.63, 3.8) is 0 Å². The standard InChI is InChI=1S/Co.2Li.Mn.Ni.H3O5P.V.2H/c;;;;;1-6(2,3)4-5-6;;;/h;;;;;1-3H;;;. The van der Waals surface area contributed by atoms with E-state index in [0.29, 0.717) is 0 Å². The van der Waals surface area contributed by atoms with E-state index < -0.39 is 7.74 Å². The van der Waals surface area contributed by atoms with Crippen LogP contribution in [0.25, 0.3) is 0 Å². The van der Waals surface area contributed by atoms with Crippen molar-refractivity contribution in [3.05, 3.63) is 0 Å². The Hall–Kier alpha value is 3.53. The second-order valence-electron chi connectivity index (χ2n) is 0.982. The van der Waals surface area contributed by atoms with Crippen LogP contribution in [0, 0.1) is 0 Å². The summed E-state index contributed by atoms with van der Waals surface area (Å²) in [6.07, 6.45) is 0. The Morgan fingerprint density at radius 3 is 1.00 bits per heavy atom. The zero-order valence-corrected chi connectivity index (χ0v) is 9.58. The molecule has 0 aromatic heterocycles. The average molecular weight is 353 g/mol. The van der Waals surface area contributed by atoms with Crippen molar-refractivity contribution < 1.29 is 92.9 Å². The van der Waals surface area contributed by atoms with Crippen LogP contribution in [-0.4, -0.2) is 52.4 Å². The molecule has 0 aliphatic carbocycles. The number of rotatable bonds is 0. The van der Waals surface area contributed by atoms with E-state index in [-0.39, 0.29) is 107 Å². The topological polar surface area (TPSA) is 85.8 Å². The van der Waals surface area contributed by atoms with E-state index in [1.165, 1.54) is 0 Å². The van der Waals surface area contributed by atoms with Crippen molar-refractivity contribution in [2.45, 2.75) is 0 Å². The Balaban J connectivity index is -0.0000000150. The Morgan fingerprint density at radius 1 is 0.917 bits per heavy atom. The molecule has 0 amide bonds. The quantitative estimate of drug-likeness (QED) is 0.198. The van der Waals surface area contributed by atoms with Crippen molar-refractivity contribution in [2.24, 2.45) is 0 Å². The molecule has 0 bridgehead atoms. The molecule has 0 unspecified atom stereocenters. The van der Waals surface area contributed by atoms with Gasteiger partial charge in [0.05, 0.1) is 0 Å². The minimum absolute atomic E-state index is 0. The van der Waals surface area contributed by atoms with Gasteiger partial charge in [0.15, 0.2) is 0 Å². The molecule has 1 fully saturated rings. The molecule has 3 N–H and O–H groups in total. The van der Waals surface area contributed by atoms with Crippen molar-refractivity contribution in [2.75, 3.05) is 0 Å². The third kappa shape index (κ3) is 19.2. The van der Waals surface area contributed by atoms with Gasteiger partial charge < -0.3 is 0 Å². The fourth-order valence-electron chi connectivity index (χ4n) is 0.0447. The zero-order chi connectivity index (χ0) is 4.86. The molecule has 0 spiro atoms. The Morgan fingerprint density at radius 2 is 1.00 bits per heavy atom. The van der Waals surface area contributed by atoms with Gasteiger partial charge in [-0.05, 0) is 0 Å². The molecule has 1 rings (SSSR count). The predicted molar refractivity (Wildman–Crippen MR) is 30.0 cm³/mol. The molecule has 3 radical (unpaired) electrons. The summed E-state index contributed by atoms with van der Waals surface area (Å²) >= 11 is 0. The smallest absolute Gasteiger partial charge is 0 e. The molecular weight excluding hydrogens is 348 g/mol. The van der Waals surface area contributed by atoms with Crippen LogP contribution < -0.4 is 0 Å². The van der Waals surface area contributed by atoms with Gasteiger partial charge in [0.1, 0.15) is 0 Å². The van der Waals surface area contributed by atoms with Gasteiger partial charge in [0.2, 0.25) is 0 Å². The van der Waals surface area contributed by atoms with E-state index >= 15 is 0 Å². The Kier molecular flexibility index (Phi) is 33.2. The largest absolute Gasteiger partial charge is 0 e. The maximum atomic E-state index is 7.89. The van der Waals surface area contributed by atoms with Crippen molar-refractivity contribution >= 4 is 45.5 Å². The first-order chi connectivity index (χ1) is 2.47. The van der Waals surface area contributed by atoms with Gasteiger partial charge in [-0.15, -0.1) is 0 Å². The predicted octanol–water partition coefficient (Wildman–Crippen LogP) is -2.25. The van der Waals surface area contributed by atoms with Crippen LogP contribution >= 0.6 is 7.74 Å². The van der Waals surface area contributed by atoms with Crippen LogP contribution in [0.15, 0.2) is 0 Å². The summed E-state index contributed by atoms with van der Waals surface area (Å²) in [5.74, 6) is 0. The second-order valence-corrected chi connectivity index (χ2v) is 2.95. The van der Waals surface area contributed by atoms with Crippen molar-refractivity contribution in [1.29, 1.82) is 0 Å². The first kappa shape index (κ1) is 36.1. The third-order valence-electron chi connectivity index (χ3n) is 0.275. The van der Waals surface area contributed by atoms with E-state index in [2.05, 4.69) is 9.35 Å². The van der Waals surface area contributed by atoms with E-state index in [4.69, 9.17) is 14.7 Å². The normalized spacial score (nSPS) is 21.4. The molecule has 1 aliphatic heterocycles. The fraction of sp³-hybridized carbons (Fsp3) is 0. The third-order valence-corrected chi connectivity index (χ3v) is 0.824. The fourth-order valence-corrected chi connectivity index (χ4v) is 0.402. The summed E-state index contributed by atoms with van der Waals surface area (Å²) in [5, 5.41) is 0. The summed E-state index contributed by atoms with van der Waals surface area (Å²) in [4.78, 5) is 23.7. The van der Waals surface area contributed by atoms with Gasteiger partial charge in [-0.1, -0.05) is 0 Å². The van der Waals surface area contributed by atoms with Crippen LogP contribution in [0.4, 0.5) is 0 Å². The summed E-state index contributed by atoms with van der Waals surface area (Å²) in [6, 6.07) is 0. The average Bonchev–Trinajstić information content (AvgIpc) is 1.73. The molecule has 0 aromatic rings. The van der Waals surface area contributed by atoms with Gasteiger partial charge in [0, 0.05) is 68.9 Å². The van der Waals surface area contributed by atoms with Gasteiger partial charge in [0.25, 0.3) is 0 Å². The minimum Gasteiger partial charge on any atom is 0 e. The van der Waals surface area contributed by atoms with Crippen molar-refractivity contribution in [3.8, 4) is 0 Å². The zero-order valence-electron chi connectivity index (χ0n) is 4.08. The van der Waals surface area contributed by atoms with Gasteiger partial charge in [-0.2, -0.15) is 0 Å². The van der Waals surface area contributed by atoms with Gasteiger partial charge >= 0.3 is 69.5 Å². The first-order valence-electron chi connectivity index (χ1n) is 1.13. The molecular formula is H5CoLi2MnNiO5PV. The van der Waals surface area contributed by atoms with Crippen LogP contribution in [-0.2, 0) is 78.2 Å².